The van der Waals surface area contributed by atoms with Crippen LogP contribution in [0.25, 0.3) is 6.08 Å². The Morgan fingerprint density at radius 1 is 0.884 bits per heavy atom. The summed E-state index contributed by atoms with van der Waals surface area (Å²) in [4.78, 5) is 47.8. The molecule has 0 radical (unpaired) electrons. The molecule has 2 fully saturated rings. The van der Waals surface area contributed by atoms with Crippen LogP contribution in [-0.4, -0.2) is 124 Å². The van der Waals surface area contributed by atoms with Gasteiger partial charge in [-0.15, -0.1) is 0 Å². The van der Waals surface area contributed by atoms with Crippen LogP contribution in [0.4, 0.5) is 0 Å². The minimum absolute atomic E-state index is 0.00140. The number of ether oxygens (including phenoxy) is 7. The van der Waals surface area contributed by atoms with E-state index >= 15 is 0 Å². The molecule has 0 saturated carbocycles. The fraction of sp³-hybridized carbons (Fsp3) is 0.556. The number of phenolic OH excluding ortho intramolecular Hbond substituents is 1. The maximum Gasteiger partial charge on any atom is 0.331 e. The Morgan fingerprint density at radius 3 is 2.07 bits per heavy atom. The molecule has 0 amide bonds. The summed E-state index contributed by atoms with van der Waals surface area (Å²) in [6.07, 6.45) is -11.0. The van der Waals surface area contributed by atoms with Crippen LogP contribution in [0.5, 0.6) is 5.75 Å². The molecule has 0 aromatic heterocycles. The zero-order valence-electron chi connectivity index (χ0n) is 23.4. The molecule has 16 nitrogen and oxygen atoms in total. The highest BCUT2D eigenvalue weighted by molar-refractivity contribution is 5.87. The zero-order chi connectivity index (χ0) is 31.9. The highest BCUT2D eigenvalue weighted by Crippen LogP contribution is 2.39. The summed E-state index contributed by atoms with van der Waals surface area (Å²) in [5.41, 5.74) is 0.501. The van der Waals surface area contributed by atoms with E-state index < -0.39 is 98.5 Å². The number of benzene rings is 1. The molecular formula is C27H34O16. The number of esters is 4. The lowest BCUT2D eigenvalue weighted by atomic mass is 9.98. The van der Waals surface area contributed by atoms with E-state index in [4.69, 9.17) is 33.2 Å². The third-order valence-electron chi connectivity index (χ3n) is 6.41. The molecule has 2 heterocycles. The fourth-order valence-corrected chi connectivity index (χ4v) is 4.51. The van der Waals surface area contributed by atoms with Crippen LogP contribution in [0, 0.1) is 0 Å². The zero-order valence-corrected chi connectivity index (χ0v) is 23.4. The highest BCUT2D eigenvalue weighted by atomic mass is 16.8. The predicted molar refractivity (Wildman–Crippen MR) is 138 cm³/mol. The van der Waals surface area contributed by atoms with Crippen molar-refractivity contribution in [1.82, 2.24) is 0 Å². The largest absolute Gasteiger partial charge is 0.508 e. The maximum atomic E-state index is 12.9. The quantitative estimate of drug-likeness (QED) is 0.106. The number of aliphatic hydroxyl groups is 4. The van der Waals surface area contributed by atoms with E-state index in [0.717, 1.165) is 26.8 Å². The molecule has 0 bridgehead atoms. The monoisotopic (exact) mass is 614 g/mol. The van der Waals surface area contributed by atoms with Crippen LogP contribution in [0.15, 0.2) is 30.3 Å². The van der Waals surface area contributed by atoms with Crippen LogP contribution >= 0.6 is 0 Å². The SMILES string of the molecule is CC(=O)OC[C@H]1O[C@H](O[C@]2(CO)O[C@H](CO)[C@@H](OC(C)=O)[C@@H]2OC(=O)/C=C\c2ccc(O)cc2)[C@H](O)[C@@H](O)[C@@H]1OC(C)=O. The average Bonchev–Trinajstić information content (AvgIpc) is 3.22. The van der Waals surface area contributed by atoms with Gasteiger partial charge in [-0.1, -0.05) is 12.1 Å². The first kappa shape index (κ1) is 33.9. The second-order valence-corrected chi connectivity index (χ2v) is 9.68. The molecule has 0 spiro atoms. The molecule has 0 unspecified atom stereocenters. The van der Waals surface area contributed by atoms with Crippen LogP contribution < -0.4 is 0 Å². The predicted octanol–water partition coefficient (Wildman–Crippen LogP) is -1.71. The van der Waals surface area contributed by atoms with E-state index in [-0.39, 0.29) is 5.75 Å². The van der Waals surface area contributed by atoms with Crippen molar-refractivity contribution in [3.05, 3.63) is 35.9 Å². The number of carbonyl (C=O) groups excluding carboxylic acids is 4. The van der Waals surface area contributed by atoms with E-state index in [1.54, 1.807) is 0 Å². The molecule has 5 N–H and O–H groups in total. The van der Waals surface area contributed by atoms with Gasteiger partial charge in [-0.2, -0.15) is 0 Å². The number of carbonyl (C=O) groups is 4. The van der Waals surface area contributed by atoms with E-state index in [0.29, 0.717) is 5.56 Å². The van der Waals surface area contributed by atoms with Crippen molar-refractivity contribution in [2.24, 2.45) is 0 Å². The van der Waals surface area contributed by atoms with Crippen molar-refractivity contribution in [3.63, 3.8) is 0 Å². The molecular weight excluding hydrogens is 580 g/mol. The molecule has 1 aromatic rings. The first-order valence-corrected chi connectivity index (χ1v) is 13.0. The number of hydrogen-bond donors (Lipinski definition) is 5. The minimum atomic E-state index is -2.46. The van der Waals surface area contributed by atoms with Crippen LogP contribution in [0.2, 0.25) is 0 Å². The third kappa shape index (κ3) is 8.47. The third-order valence-corrected chi connectivity index (χ3v) is 6.41. The lowest BCUT2D eigenvalue weighted by Gasteiger charge is -2.44. The van der Waals surface area contributed by atoms with Gasteiger partial charge in [-0.25, -0.2) is 4.79 Å². The van der Waals surface area contributed by atoms with Crippen LogP contribution in [0.3, 0.4) is 0 Å². The summed E-state index contributed by atoms with van der Waals surface area (Å²) in [7, 11) is 0. The highest BCUT2D eigenvalue weighted by Gasteiger charge is 2.62. The van der Waals surface area contributed by atoms with Gasteiger partial charge in [0.1, 0.15) is 43.4 Å². The molecule has 2 saturated heterocycles. The molecule has 0 aliphatic carbocycles. The number of aliphatic hydroxyl groups excluding tert-OH is 4. The van der Waals surface area contributed by atoms with Crippen LogP contribution in [-0.2, 0) is 52.3 Å². The number of rotatable bonds is 11. The normalized spacial score (nSPS) is 32.3. The lowest BCUT2D eigenvalue weighted by molar-refractivity contribution is -0.383. The number of phenols is 1. The summed E-state index contributed by atoms with van der Waals surface area (Å²) in [6.45, 7) is 0.690. The van der Waals surface area contributed by atoms with Crippen LogP contribution in [0.1, 0.15) is 26.3 Å². The number of aromatic hydroxyl groups is 1. The Bertz CT molecular complexity index is 1170. The second kappa shape index (κ2) is 14.7. The lowest BCUT2D eigenvalue weighted by Crippen LogP contribution is -2.64. The Hall–Kier alpha value is -3.64. The molecule has 9 atom stereocenters. The van der Waals surface area contributed by atoms with Crippen molar-refractivity contribution in [3.8, 4) is 5.75 Å². The van der Waals surface area contributed by atoms with Gasteiger partial charge in [0.2, 0.25) is 5.79 Å². The van der Waals surface area contributed by atoms with Crippen molar-refractivity contribution in [1.29, 1.82) is 0 Å². The van der Waals surface area contributed by atoms with Gasteiger partial charge >= 0.3 is 23.9 Å². The summed E-state index contributed by atoms with van der Waals surface area (Å²) in [5, 5.41) is 51.4. The first-order valence-electron chi connectivity index (χ1n) is 13.0. The second-order valence-electron chi connectivity index (χ2n) is 9.68. The van der Waals surface area contributed by atoms with Gasteiger partial charge in [0, 0.05) is 26.8 Å². The van der Waals surface area contributed by atoms with Crippen molar-refractivity contribution in [2.45, 2.75) is 75.6 Å². The maximum absolute atomic E-state index is 12.9. The molecule has 2 aliphatic rings. The first-order chi connectivity index (χ1) is 20.3. The molecule has 43 heavy (non-hydrogen) atoms. The standard InChI is InChI=1S/C27H34O16/c1-13(30)37-11-19-23(38-14(2)31)21(35)22(36)26(40-19)43-27(12-29)25(24(39-15(3)32)18(10-28)42-27)41-20(34)9-6-16-4-7-17(33)8-5-16/h4-9,18-19,21-26,28-29,33,35-36H,10-12H2,1-3H3/b9-6-/t18-,19-,21-,22-,23-,24-,25+,26-,27+/m1/s1. The molecule has 2 aliphatic heterocycles. The summed E-state index contributed by atoms with van der Waals surface area (Å²) in [6, 6.07) is 5.77. The Balaban J connectivity index is 1.93. The fourth-order valence-electron chi connectivity index (χ4n) is 4.51. The number of hydrogen-bond acceptors (Lipinski definition) is 16. The summed E-state index contributed by atoms with van der Waals surface area (Å²) < 4.78 is 37.8. The minimum Gasteiger partial charge on any atom is -0.508 e. The summed E-state index contributed by atoms with van der Waals surface area (Å²) in [5.74, 6) is -5.94. The molecule has 238 valence electrons. The average molecular weight is 615 g/mol. The Kier molecular flexibility index (Phi) is 11.6. The van der Waals surface area contributed by atoms with Crippen molar-refractivity contribution >= 4 is 30.0 Å². The van der Waals surface area contributed by atoms with Crippen molar-refractivity contribution < 1.29 is 77.9 Å². The van der Waals surface area contributed by atoms with E-state index in [2.05, 4.69) is 0 Å². The van der Waals surface area contributed by atoms with E-state index in [9.17, 15) is 44.7 Å². The van der Waals surface area contributed by atoms with Gasteiger partial charge in [0.25, 0.3) is 0 Å². The van der Waals surface area contributed by atoms with Gasteiger partial charge in [-0.3, -0.25) is 14.4 Å². The Labute approximate surface area is 245 Å². The molecule has 3 rings (SSSR count). The van der Waals surface area contributed by atoms with E-state index in [1.807, 2.05) is 0 Å². The van der Waals surface area contributed by atoms with Gasteiger partial charge in [0.05, 0.1) is 6.61 Å². The smallest absolute Gasteiger partial charge is 0.331 e. The van der Waals surface area contributed by atoms with Gasteiger partial charge in [0.15, 0.2) is 24.6 Å². The van der Waals surface area contributed by atoms with Gasteiger partial charge < -0.3 is 58.7 Å². The molecule has 16 heteroatoms. The summed E-state index contributed by atoms with van der Waals surface area (Å²) >= 11 is 0. The van der Waals surface area contributed by atoms with E-state index in [1.165, 1.54) is 30.3 Å². The van der Waals surface area contributed by atoms with Gasteiger partial charge in [-0.05, 0) is 23.8 Å². The van der Waals surface area contributed by atoms with Crippen molar-refractivity contribution in [2.75, 3.05) is 19.8 Å². The molecule has 1 aromatic carbocycles. The Morgan fingerprint density at radius 2 is 1.51 bits per heavy atom. The topological polar surface area (TPSA) is 234 Å².